The Balaban J connectivity index is 0.000000722. The van der Waals surface area contributed by atoms with E-state index in [1.807, 2.05) is 36.4 Å². The van der Waals surface area contributed by atoms with Crippen LogP contribution >= 0.6 is 0 Å². The van der Waals surface area contributed by atoms with Crippen LogP contribution in [-0.2, 0) is 0 Å². The molecule has 3 heteroatoms. The van der Waals surface area contributed by atoms with Crippen LogP contribution in [0.1, 0.15) is 1.43 Å². The van der Waals surface area contributed by atoms with E-state index in [1.165, 1.54) is 0 Å². The van der Waals surface area contributed by atoms with Crippen molar-refractivity contribution >= 4 is 10.9 Å². The zero-order valence-corrected chi connectivity index (χ0v) is 11.0. The predicted octanol–water partition coefficient (Wildman–Crippen LogP) is -0.251. The maximum absolute atomic E-state index is 11.6. The first-order valence-electron chi connectivity index (χ1n) is 4.85. The minimum Gasteiger partial charge on any atom is -1.00 e. The van der Waals surface area contributed by atoms with E-state index in [4.69, 9.17) is 0 Å². The second kappa shape index (κ2) is 4.42. The van der Waals surface area contributed by atoms with Crippen LogP contribution in [0.5, 0.6) is 0 Å². The van der Waals surface area contributed by atoms with E-state index in [1.54, 1.807) is 12.1 Å². The van der Waals surface area contributed by atoms with Crippen LogP contribution in [0.15, 0.2) is 53.3 Å². The number of hydrogen-bond donors (Lipinski definition) is 1. The predicted molar refractivity (Wildman–Crippen MR) is 62.3 cm³/mol. The minimum atomic E-state index is 0. The zero-order valence-electron chi connectivity index (χ0n) is 10.0. The van der Waals surface area contributed by atoms with Crippen molar-refractivity contribution in [3.63, 3.8) is 0 Å². The second-order valence-electron chi connectivity index (χ2n) is 3.57. The molecule has 0 saturated carbocycles. The number of rotatable bonds is 0. The number of fused-ring (bicyclic) bond motifs is 2. The van der Waals surface area contributed by atoms with E-state index in [2.05, 4.69) is 4.98 Å². The molecule has 1 aromatic carbocycles. The third-order valence-electron chi connectivity index (χ3n) is 2.60. The van der Waals surface area contributed by atoms with Crippen LogP contribution in [-0.4, -0.2) is 4.98 Å². The summed E-state index contributed by atoms with van der Waals surface area (Å²) in [5.41, 5.74) is 2.75. The van der Waals surface area contributed by atoms with Gasteiger partial charge in [-0.15, -0.1) is 0 Å². The molecule has 2 nitrogen and oxygen atoms in total. The minimum absolute atomic E-state index is 0. The molecule has 1 N–H and O–H groups in total. The van der Waals surface area contributed by atoms with Gasteiger partial charge in [0.25, 0.3) is 0 Å². The van der Waals surface area contributed by atoms with E-state index in [-0.39, 0.29) is 36.4 Å². The van der Waals surface area contributed by atoms with Gasteiger partial charge < -0.3 is 6.41 Å². The molecule has 0 unspecified atom stereocenters. The van der Waals surface area contributed by atoms with Crippen LogP contribution in [0, 0.1) is 0 Å². The molecule has 0 radical (unpaired) electrons. The van der Waals surface area contributed by atoms with Crippen molar-refractivity contribution in [3.8, 4) is 11.3 Å². The van der Waals surface area contributed by atoms with Crippen molar-refractivity contribution in [2.45, 2.75) is 0 Å². The number of benzene rings is 2. The fourth-order valence-electron chi connectivity index (χ4n) is 1.84. The first-order valence-corrected chi connectivity index (χ1v) is 4.85. The molecule has 74 valence electrons. The van der Waals surface area contributed by atoms with Gasteiger partial charge in [-0.1, -0.05) is 24.3 Å². The second-order valence-corrected chi connectivity index (χ2v) is 3.57. The summed E-state index contributed by atoms with van der Waals surface area (Å²) < 4.78 is 0. The Morgan fingerprint density at radius 1 is 1.00 bits per heavy atom. The van der Waals surface area contributed by atoms with Gasteiger partial charge in [0, 0.05) is 16.8 Å². The Labute approximate surface area is 116 Å². The van der Waals surface area contributed by atoms with Crippen LogP contribution < -0.4 is 35.0 Å². The normalized spacial score (nSPS) is 10.2. The number of pyridine rings is 1. The number of hydrogen-bond acceptors (Lipinski definition) is 1. The average molecular weight is 219 g/mol. The summed E-state index contributed by atoms with van der Waals surface area (Å²) in [7, 11) is 0. The fraction of sp³-hybridized carbons (Fsp3) is 0. The number of aromatic amines is 1. The molecule has 1 heterocycles. The summed E-state index contributed by atoms with van der Waals surface area (Å²) in [5, 5.41) is 1.06. The van der Waals surface area contributed by atoms with Crippen molar-refractivity contribution in [2.24, 2.45) is 0 Å². The van der Waals surface area contributed by atoms with E-state index in [9.17, 15) is 4.79 Å². The largest absolute Gasteiger partial charge is 1.00 e. The third-order valence-corrected chi connectivity index (χ3v) is 2.60. The van der Waals surface area contributed by atoms with Crippen molar-refractivity contribution < 1.29 is 31.0 Å². The average Bonchev–Trinajstić information content (AvgIpc) is 2.27. The summed E-state index contributed by atoms with van der Waals surface area (Å²) >= 11 is 0. The quantitative estimate of drug-likeness (QED) is 0.410. The van der Waals surface area contributed by atoms with Gasteiger partial charge in [0.2, 0.25) is 0 Å². The van der Waals surface area contributed by atoms with Gasteiger partial charge in [0.15, 0.2) is 5.43 Å². The van der Waals surface area contributed by atoms with Crippen LogP contribution in [0.3, 0.4) is 0 Å². The van der Waals surface area contributed by atoms with Crippen LogP contribution in [0.25, 0.3) is 22.2 Å². The maximum atomic E-state index is 11.6. The van der Waals surface area contributed by atoms with Gasteiger partial charge in [-0.3, -0.25) is 4.79 Å². The van der Waals surface area contributed by atoms with E-state index in [0.29, 0.717) is 0 Å². The van der Waals surface area contributed by atoms with Crippen molar-refractivity contribution in [3.05, 3.63) is 58.8 Å². The Hall–Kier alpha value is -1.09. The van der Waals surface area contributed by atoms with Crippen LogP contribution in [0.2, 0.25) is 0 Å². The molecule has 0 saturated heterocycles. The Kier molecular flexibility index (Phi) is 3.15. The standard InChI is InChI=1S/C13H9NO.Na.H/c15-13-7-3-6-12-10(13)8-9-4-1-2-5-11(9)14-12;;/h1-8,14H;;/q;+1;-1. The Bertz CT molecular complexity index is 665. The molecular weight excluding hydrogens is 209 g/mol. The first-order chi connectivity index (χ1) is 7.34. The van der Waals surface area contributed by atoms with Gasteiger partial charge in [-0.2, -0.15) is 0 Å². The summed E-state index contributed by atoms with van der Waals surface area (Å²) in [6, 6.07) is 15.2. The molecule has 0 fully saturated rings. The summed E-state index contributed by atoms with van der Waals surface area (Å²) in [6.07, 6.45) is 0. The molecule has 16 heavy (non-hydrogen) atoms. The van der Waals surface area contributed by atoms with Crippen molar-refractivity contribution in [1.29, 1.82) is 0 Å². The van der Waals surface area contributed by atoms with Crippen LogP contribution in [0.4, 0.5) is 0 Å². The zero-order chi connectivity index (χ0) is 10.3. The van der Waals surface area contributed by atoms with Gasteiger partial charge >= 0.3 is 29.6 Å². The molecule has 1 aliphatic heterocycles. The summed E-state index contributed by atoms with van der Waals surface area (Å²) in [5.74, 6) is 0. The molecule has 0 bridgehead atoms. The van der Waals surface area contributed by atoms with E-state index < -0.39 is 0 Å². The molecule has 1 aliphatic carbocycles. The van der Waals surface area contributed by atoms with Gasteiger partial charge in [0.1, 0.15) is 0 Å². The summed E-state index contributed by atoms with van der Waals surface area (Å²) in [4.78, 5) is 14.9. The summed E-state index contributed by atoms with van der Waals surface area (Å²) in [6.45, 7) is 0. The Morgan fingerprint density at radius 2 is 1.81 bits per heavy atom. The maximum Gasteiger partial charge on any atom is 1.00 e. The first kappa shape index (κ1) is 11.4. The van der Waals surface area contributed by atoms with E-state index in [0.717, 1.165) is 22.2 Å². The molecule has 0 aromatic heterocycles. The van der Waals surface area contributed by atoms with Crippen molar-refractivity contribution in [1.82, 2.24) is 4.98 Å². The number of para-hydroxylation sites is 1. The van der Waals surface area contributed by atoms with Gasteiger partial charge in [-0.25, -0.2) is 0 Å². The monoisotopic (exact) mass is 219 g/mol. The molecular formula is C13H10NNaO. The molecule has 2 aliphatic rings. The SMILES string of the molecule is O=c1cccc2[nH]c3ccccc3cc1-2.[H-].[Na+]. The molecule has 0 atom stereocenters. The third kappa shape index (κ3) is 1.80. The van der Waals surface area contributed by atoms with Gasteiger partial charge in [-0.05, 0) is 29.7 Å². The number of aromatic nitrogens is 1. The van der Waals surface area contributed by atoms with E-state index >= 15 is 0 Å². The van der Waals surface area contributed by atoms with Crippen molar-refractivity contribution in [2.75, 3.05) is 0 Å². The topological polar surface area (TPSA) is 32.9 Å². The Morgan fingerprint density at radius 3 is 2.69 bits per heavy atom. The molecule has 1 aromatic rings. The fourth-order valence-corrected chi connectivity index (χ4v) is 1.84. The molecule has 0 amide bonds. The molecule has 0 spiro atoms. The molecule has 3 rings (SSSR count). The number of H-pyrrole nitrogens is 1. The van der Waals surface area contributed by atoms with Gasteiger partial charge in [0.05, 0.1) is 0 Å². The smallest absolute Gasteiger partial charge is 1.00 e. The number of nitrogens with one attached hydrogen (secondary N) is 1.